The van der Waals surface area contributed by atoms with Gasteiger partial charge in [-0.15, -0.1) is 0 Å². The molecule has 2 unspecified atom stereocenters. The third-order valence-electron chi connectivity index (χ3n) is 3.73. The van der Waals surface area contributed by atoms with E-state index < -0.39 is 5.54 Å². The van der Waals surface area contributed by atoms with Crippen molar-refractivity contribution >= 4 is 11.8 Å². The first-order valence-electron chi connectivity index (χ1n) is 7.02. The van der Waals surface area contributed by atoms with Crippen LogP contribution in [0, 0.1) is 11.8 Å². The summed E-state index contributed by atoms with van der Waals surface area (Å²) in [7, 11) is 0. The van der Waals surface area contributed by atoms with Gasteiger partial charge in [0.05, 0.1) is 18.1 Å². The number of carbonyl (C=O) groups is 2. The fourth-order valence-electron chi connectivity index (χ4n) is 2.20. The van der Waals surface area contributed by atoms with Gasteiger partial charge in [0.25, 0.3) is 0 Å². The first-order chi connectivity index (χ1) is 8.81. The standard InChI is InChI=1S/C14H26N2O3/c1-5-14(4,9-17)15-13(19)11-6-12(18)16(8-11)7-10(2)3/h10-11,17H,5-9H2,1-4H3,(H,15,19). The number of likely N-dealkylation sites (tertiary alicyclic amines) is 1. The van der Waals surface area contributed by atoms with Crippen LogP contribution in [-0.2, 0) is 9.59 Å². The van der Waals surface area contributed by atoms with E-state index in [-0.39, 0.29) is 30.8 Å². The molecule has 1 aliphatic heterocycles. The average Bonchev–Trinajstić information content (AvgIpc) is 2.70. The first-order valence-corrected chi connectivity index (χ1v) is 7.02. The van der Waals surface area contributed by atoms with Crippen molar-refractivity contribution in [3.05, 3.63) is 0 Å². The third kappa shape index (κ3) is 4.20. The fourth-order valence-corrected chi connectivity index (χ4v) is 2.20. The second-order valence-corrected chi connectivity index (χ2v) is 6.16. The fraction of sp³-hybridized carbons (Fsp3) is 0.857. The minimum Gasteiger partial charge on any atom is -0.394 e. The van der Waals surface area contributed by atoms with E-state index in [2.05, 4.69) is 19.2 Å². The number of amides is 2. The van der Waals surface area contributed by atoms with Crippen molar-refractivity contribution in [1.82, 2.24) is 10.2 Å². The second kappa shape index (κ2) is 6.37. The van der Waals surface area contributed by atoms with Gasteiger partial charge >= 0.3 is 0 Å². The highest BCUT2D eigenvalue weighted by Gasteiger charge is 2.36. The Morgan fingerprint density at radius 3 is 2.68 bits per heavy atom. The molecular formula is C14H26N2O3. The summed E-state index contributed by atoms with van der Waals surface area (Å²) in [6.07, 6.45) is 0.940. The van der Waals surface area contributed by atoms with Gasteiger partial charge in [-0.2, -0.15) is 0 Å². The van der Waals surface area contributed by atoms with Crippen molar-refractivity contribution in [2.75, 3.05) is 19.7 Å². The van der Waals surface area contributed by atoms with Crippen molar-refractivity contribution in [2.24, 2.45) is 11.8 Å². The van der Waals surface area contributed by atoms with Crippen LogP contribution in [0.25, 0.3) is 0 Å². The lowest BCUT2D eigenvalue weighted by Crippen LogP contribution is -2.50. The molecule has 0 spiro atoms. The SMILES string of the molecule is CCC(C)(CO)NC(=O)C1CC(=O)N(CC(C)C)C1. The molecule has 1 saturated heterocycles. The van der Waals surface area contributed by atoms with Gasteiger partial charge in [-0.25, -0.2) is 0 Å². The molecule has 0 aromatic heterocycles. The molecule has 0 aliphatic carbocycles. The van der Waals surface area contributed by atoms with Gasteiger partial charge in [0.2, 0.25) is 11.8 Å². The topological polar surface area (TPSA) is 69.6 Å². The second-order valence-electron chi connectivity index (χ2n) is 6.16. The average molecular weight is 270 g/mol. The summed E-state index contributed by atoms with van der Waals surface area (Å²) in [5.74, 6) is 0.0434. The summed E-state index contributed by atoms with van der Waals surface area (Å²) in [5, 5.41) is 12.2. The monoisotopic (exact) mass is 270 g/mol. The van der Waals surface area contributed by atoms with Crippen LogP contribution in [0.15, 0.2) is 0 Å². The van der Waals surface area contributed by atoms with E-state index in [1.165, 1.54) is 0 Å². The number of aliphatic hydroxyl groups excluding tert-OH is 1. The Bertz CT molecular complexity index is 338. The third-order valence-corrected chi connectivity index (χ3v) is 3.73. The zero-order valence-corrected chi connectivity index (χ0v) is 12.4. The van der Waals surface area contributed by atoms with Crippen LogP contribution in [0.5, 0.6) is 0 Å². The van der Waals surface area contributed by atoms with Crippen LogP contribution in [0.4, 0.5) is 0 Å². The lowest BCUT2D eigenvalue weighted by molar-refractivity contribution is -0.130. The van der Waals surface area contributed by atoms with Crippen molar-refractivity contribution in [3.8, 4) is 0 Å². The Morgan fingerprint density at radius 2 is 2.21 bits per heavy atom. The molecule has 5 heteroatoms. The molecule has 2 amide bonds. The minimum atomic E-state index is -0.592. The highest BCUT2D eigenvalue weighted by molar-refractivity contribution is 5.89. The van der Waals surface area contributed by atoms with Crippen LogP contribution >= 0.6 is 0 Å². The number of nitrogens with one attached hydrogen (secondary N) is 1. The van der Waals surface area contributed by atoms with Crippen LogP contribution < -0.4 is 5.32 Å². The summed E-state index contributed by atoms with van der Waals surface area (Å²) in [6, 6.07) is 0. The molecule has 19 heavy (non-hydrogen) atoms. The molecule has 2 N–H and O–H groups in total. The zero-order chi connectivity index (χ0) is 14.6. The quantitative estimate of drug-likeness (QED) is 0.749. The molecule has 0 aromatic carbocycles. The smallest absolute Gasteiger partial charge is 0.225 e. The summed E-state index contributed by atoms with van der Waals surface area (Å²) < 4.78 is 0. The summed E-state index contributed by atoms with van der Waals surface area (Å²) in [5.41, 5.74) is -0.592. The molecule has 0 saturated carbocycles. The van der Waals surface area contributed by atoms with Gasteiger partial charge in [-0.1, -0.05) is 20.8 Å². The largest absolute Gasteiger partial charge is 0.394 e. The maximum atomic E-state index is 12.2. The molecule has 0 bridgehead atoms. The molecular weight excluding hydrogens is 244 g/mol. The Kier molecular flexibility index (Phi) is 5.35. The molecule has 5 nitrogen and oxygen atoms in total. The van der Waals surface area contributed by atoms with Gasteiger partial charge in [-0.05, 0) is 19.3 Å². The van der Waals surface area contributed by atoms with E-state index in [1.807, 2.05) is 13.8 Å². The van der Waals surface area contributed by atoms with E-state index in [1.54, 1.807) is 4.90 Å². The Morgan fingerprint density at radius 1 is 1.58 bits per heavy atom. The summed E-state index contributed by atoms with van der Waals surface area (Å²) >= 11 is 0. The Hall–Kier alpha value is -1.10. The van der Waals surface area contributed by atoms with Crippen molar-refractivity contribution in [2.45, 2.75) is 46.1 Å². The molecule has 0 aromatic rings. The van der Waals surface area contributed by atoms with Gasteiger partial charge in [0.15, 0.2) is 0 Å². The predicted molar refractivity (Wildman–Crippen MR) is 73.4 cm³/mol. The molecule has 0 radical (unpaired) electrons. The van der Waals surface area contributed by atoms with Gasteiger partial charge in [0.1, 0.15) is 0 Å². The number of hydrogen-bond donors (Lipinski definition) is 2. The molecule has 1 fully saturated rings. The normalized spacial score (nSPS) is 22.7. The highest BCUT2D eigenvalue weighted by Crippen LogP contribution is 2.20. The van der Waals surface area contributed by atoms with Crippen molar-refractivity contribution < 1.29 is 14.7 Å². The number of nitrogens with zero attached hydrogens (tertiary/aromatic N) is 1. The molecule has 1 rings (SSSR count). The maximum absolute atomic E-state index is 12.2. The van der Waals surface area contributed by atoms with E-state index in [0.29, 0.717) is 25.4 Å². The van der Waals surface area contributed by atoms with E-state index in [0.717, 1.165) is 0 Å². The van der Waals surface area contributed by atoms with Crippen molar-refractivity contribution in [3.63, 3.8) is 0 Å². The maximum Gasteiger partial charge on any atom is 0.225 e. The summed E-state index contributed by atoms with van der Waals surface area (Å²) in [6.45, 7) is 8.95. The predicted octanol–water partition coefficient (Wildman–Crippen LogP) is 0.768. The summed E-state index contributed by atoms with van der Waals surface area (Å²) in [4.78, 5) is 25.7. The van der Waals surface area contributed by atoms with Crippen LogP contribution in [0.3, 0.4) is 0 Å². The molecule has 110 valence electrons. The number of aliphatic hydroxyl groups is 1. The first kappa shape index (κ1) is 16.0. The van der Waals surface area contributed by atoms with Gasteiger partial charge in [-0.3, -0.25) is 9.59 Å². The van der Waals surface area contributed by atoms with Crippen LogP contribution in [-0.4, -0.2) is 47.1 Å². The van der Waals surface area contributed by atoms with Crippen LogP contribution in [0.1, 0.15) is 40.5 Å². The van der Waals surface area contributed by atoms with Gasteiger partial charge in [0, 0.05) is 19.5 Å². The van der Waals surface area contributed by atoms with E-state index in [9.17, 15) is 14.7 Å². The molecule has 1 aliphatic rings. The Labute approximate surface area is 115 Å². The number of rotatable bonds is 6. The zero-order valence-electron chi connectivity index (χ0n) is 12.4. The lowest BCUT2D eigenvalue weighted by Gasteiger charge is -2.28. The Balaban J connectivity index is 2.58. The lowest BCUT2D eigenvalue weighted by atomic mass is 9.98. The van der Waals surface area contributed by atoms with E-state index >= 15 is 0 Å². The van der Waals surface area contributed by atoms with E-state index in [4.69, 9.17) is 0 Å². The highest BCUT2D eigenvalue weighted by atomic mass is 16.3. The minimum absolute atomic E-state index is 0.0519. The molecule has 1 heterocycles. The molecule has 2 atom stereocenters. The van der Waals surface area contributed by atoms with Crippen molar-refractivity contribution in [1.29, 1.82) is 0 Å². The number of carbonyl (C=O) groups excluding carboxylic acids is 2. The van der Waals surface area contributed by atoms with Gasteiger partial charge < -0.3 is 15.3 Å². The number of hydrogen-bond acceptors (Lipinski definition) is 3. The van der Waals surface area contributed by atoms with Crippen LogP contribution in [0.2, 0.25) is 0 Å².